The van der Waals surface area contributed by atoms with E-state index in [2.05, 4.69) is 23.8 Å². The first-order valence-electron chi connectivity index (χ1n) is 6.89. The van der Waals surface area contributed by atoms with Crippen LogP contribution in [0.4, 0.5) is 8.78 Å². The van der Waals surface area contributed by atoms with Gasteiger partial charge in [0.1, 0.15) is 0 Å². The van der Waals surface area contributed by atoms with Gasteiger partial charge < -0.3 is 9.80 Å². The summed E-state index contributed by atoms with van der Waals surface area (Å²) in [6.45, 7) is 5.49. The molecule has 1 atom stereocenters. The lowest BCUT2D eigenvalue weighted by Crippen LogP contribution is -2.50. The number of ketones is 1. The van der Waals surface area contributed by atoms with E-state index < -0.39 is 11.6 Å². The minimum Gasteiger partial charge on any atom is -0.301 e. The van der Waals surface area contributed by atoms with Gasteiger partial charge in [-0.25, -0.2) is 8.78 Å². The number of likely N-dealkylation sites (N-methyl/N-ethyl adjacent to an activating group) is 1. The van der Waals surface area contributed by atoms with Crippen LogP contribution in [0.5, 0.6) is 0 Å². The van der Waals surface area contributed by atoms with Crippen molar-refractivity contribution in [3.63, 3.8) is 0 Å². The molecular weight excluding hydrogens is 262 g/mol. The highest BCUT2D eigenvalue weighted by molar-refractivity contribution is 5.96. The molecule has 1 aliphatic rings. The van der Waals surface area contributed by atoms with Crippen LogP contribution in [0.1, 0.15) is 23.7 Å². The second-order valence-corrected chi connectivity index (χ2v) is 5.40. The third kappa shape index (κ3) is 3.41. The summed E-state index contributed by atoms with van der Waals surface area (Å²) < 4.78 is 26.6. The Morgan fingerprint density at radius 1 is 1.35 bits per heavy atom. The van der Waals surface area contributed by atoms with Gasteiger partial charge in [0, 0.05) is 38.6 Å². The number of halogens is 2. The summed E-state index contributed by atoms with van der Waals surface area (Å²) in [6, 6.07) is 4.18. The van der Waals surface area contributed by atoms with Crippen LogP contribution in [0.25, 0.3) is 0 Å². The van der Waals surface area contributed by atoms with Crippen molar-refractivity contribution in [1.29, 1.82) is 0 Å². The number of carbonyl (C=O) groups is 1. The van der Waals surface area contributed by atoms with Crippen LogP contribution in [0.15, 0.2) is 18.2 Å². The van der Waals surface area contributed by atoms with Crippen molar-refractivity contribution >= 4 is 5.78 Å². The number of hydrogen-bond donors (Lipinski definition) is 0. The van der Waals surface area contributed by atoms with Gasteiger partial charge in [-0.15, -0.1) is 0 Å². The van der Waals surface area contributed by atoms with E-state index in [-0.39, 0.29) is 17.8 Å². The highest BCUT2D eigenvalue weighted by atomic mass is 19.2. The van der Waals surface area contributed by atoms with E-state index in [0.29, 0.717) is 12.6 Å². The first-order chi connectivity index (χ1) is 9.49. The topological polar surface area (TPSA) is 23.6 Å². The first kappa shape index (κ1) is 15.1. The van der Waals surface area contributed by atoms with E-state index in [1.165, 1.54) is 12.1 Å². The Hall–Kier alpha value is -1.33. The second kappa shape index (κ2) is 6.41. The van der Waals surface area contributed by atoms with Crippen LogP contribution < -0.4 is 0 Å². The Morgan fingerprint density at radius 3 is 2.80 bits per heavy atom. The van der Waals surface area contributed by atoms with Crippen LogP contribution in [-0.4, -0.2) is 54.9 Å². The average molecular weight is 282 g/mol. The third-order valence-electron chi connectivity index (χ3n) is 3.95. The highest BCUT2D eigenvalue weighted by Crippen LogP contribution is 2.14. The molecule has 0 saturated carbocycles. The van der Waals surface area contributed by atoms with Crippen LogP contribution in [0, 0.1) is 11.6 Å². The Kier molecular flexibility index (Phi) is 4.83. The molecule has 0 spiro atoms. The van der Waals surface area contributed by atoms with Gasteiger partial charge in [0.05, 0.1) is 5.56 Å². The summed E-state index contributed by atoms with van der Waals surface area (Å²) >= 11 is 0. The predicted molar refractivity (Wildman–Crippen MR) is 73.8 cm³/mol. The summed E-state index contributed by atoms with van der Waals surface area (Å²) in [5, 5.41) is 0. The summed E-state index contributed by atoms with van der Waals surface area (Å²) in [6.07, 6.45) is 0.219. The molecule has 1 unspecified atom stereocenters. The molecule has 1 fully saturated rings. The lowest BCUT2D eigenvalue weighted by molar-refractivity contribution is 0.0869. The van der Waals surface area contributed by atoms with Gasteiger partial charge in [-0.05, 0) is 26.1 Å². The van der Waals surface area contributed by atoms with E-state index in [0.717, 1.165) is 25.7 Å². The van der Waals surface area contributed by atoms with Crippen molar-refractivity contribution in [2.45, 2.75) is 19.4 Å². The molecule has 3 nitrogen and oxygen atoms in total. The number of Topliss-reactive ketones (excluding diaryl/α,β-unsaturated/α-hetero) is 1. The van der Waals surface area contributed by atoms with Crippen molar-refractivity contribution in [2.75, 3.05) is 33.2 Å². The van der Waals surface area contributed by atoms with Gasteiger partial charge in [-0.2, -0.15) is 0 Å². The number of piperazine rings is 1. The van der Waals surface area contributed by atoms with E-state index in [1.54, 1.807) is 0 Å². The third-order valence-corrected chi connectivity index (χ3v) is 3.95. The lowest BCUT2D eigenvalue weighted by atomic mass is 10.1. The second-order valence-electron chi connectivity index (χ2n) is 5.40. The first-order valence-corrected chi connectivity index (χ1v) is 6.89. The quantitative estimate of drug-likeness (QED) is 0.791. The Bertz CT molecular complexity index is 493. The van der Waals surface area contributed by atoms with Crippen LogP contribution in [0.3, 0.4) is 0 Å². The Labute approximate surface area is 118 Å². The molecule has 0 aliphatic carbocycles. The summed E-state index contributed by atoms with van der Waals surface area (Å²) in [5.41, 5.74) is -0.146. The molecule has 0 radical (unpaired) electrons. The van der Waals surface area contributed by atoms with Crippen LogP contribution >= 0.6 is 0 Å². The number of benzene rings is 1. The molecule has 1 aromatic carbocycles. The van der Waals surface area contributed by atoms with Crippen molar-refractivity contribution in [3.8, 4) is 0 Å². The Balaban J connectivity index is 1.91. The van der Waals surface area contributed by atoms with Gasteiger partial charge >= 0.3 is 0 Å². The van der Waals surface area contributed by atoms with Gasteiger partial charge in [0.2, 0.25) is 0 Å². The smallest absolute Gasteiger partial charge is 0.169 e. The molecule has 0 bridgehead atoms. The minimum absolute atomic E-state index is 0.146. The number of nitrogens with zero attached hydrogens (tertiary/aromatic N) is 2. The van der Waals surface area contributed by atoms with Crippen molar-refractivity contribution in [2.24, 2.45) is 0 Å². The van der Waals surface area contributed by atoms with Crippen molar-refractivity contribution < 1.29 is 13.6 Å². The summed E-state index contributed by atoms with van der Waals surface area (Å²) in [4.78, 5) is 16.4. The fourth-order valence-corrected chi connectivity index (χ4v) is 2.44. The van der Waals surface area contributed by atoms with E-state index >= 15 is 0 Å². The fourth-order valence-electron chi connectivity index (χ4n) is 2.44. The zero-order valence-corrected chi connectivity index (χ0v) is 11.9. The molecular formula is C15H20F2N2O. The zero-order chi connectivity index (χ0) is 14.7. The molecule has 1 saturated heterocycles. The normalized spacial score (nSPS) is 21.1. The molecule has 110 valence electrons. The summed E-state index contributed by atoms with van der Waals surface area (Å²) in [7, 11) is 2.08. The average Bonchev–Trinajstić information content (AvgIpc) is 2.43. The highest BCUT2D eigenvalue weighted by Gasteiger charge is 2.22. The molecule has 0 aromatic heterocycles. The summed E-state index contributed by atoms with van der Waals surface area (Å²) in [5.74, 6) is -2.35. The minimum atomic E-state index is -1.04. The van der Waals surface area contributed by atoms with Crippen molar-refractivity contribution in [1.82, 2.24) is 9.80 Å². The van der Waals surface area contributed by atoms with Crippen LogP contribution in [0.2, 0.25) is 0 Å². The zero-order valence-electron chi connectivity index (χ0n) is 11.9. The largest absolute Gasteiger partial charge is 0.301 e. The van der Waals surface area contributed by atoms with Crippen LogP contribution in [-0.2, 0) is 0 Å². The standard InChI is InChI=1S/C15H20F2N2O/c1-11-10-19(9-8-18(11)2)7-6-14(20)12-4-3-5-13(16)15(12)17/h3-5,11H,6-10H2,1-2H3. The number of hydrogen-bond acceptors (Lipinski definition) is 3. The van der Waals surface area contributed by atoms with Gasteiger partial charge in [0.15, 0.2) is 17.4 Å². The molecule has 5 heteroatoms. The molecule has 0 amide bonds. The monoisotopic (exact) mass is 282 g/mol. The van der Waals surface area contributed by atoms with E-state index in [9.17, 15) is 13.6 Å². The maximum atomic E-state index is 13.5. The number of carbonyl (C=O) groups excluding carboxylic acids is 1. The molecule has 0 N–H and O–H groups in total. The Morgan fingerprint density at radius 2 is 2.10 bits per heavy atom. The lowest BCUT2D eigenvalue weighted by Gasteiger charge is -2.37. The van der Waals surface area contributed by atoms with E-state index in [4.69, 9.17) is 0 Å². The maximum Gasteiger partial charge on any atom is 0.169 e. The predicted octanol–water partition coefficient (Wildman–Crippen LogP) is 2.17. The molecule has 20 heavy (non-hydrogen) atoms. The molecule has 2 rings (SSSR count). The molecule has 1 aliphatic heterocycles. The molecule has 1 heterocycles. The van der Waals surface area contributed by atoms with Gasteiger partial charge in [0.25, 0.3) is 0 Å². The van der Waals surface area contributed by atoms with Gasteiger partial charge in [-0.1, -0.05) is 6.07 Å². The molecule has 1 aromatic rings. The maximum absolute atomic E-state index is 13.5. The van der Waals surface area contributed by atoms with E-state index in [1.807, 2.05) is 0 Å². The van der Waals surface area contributed by atoms with Crippen molar-refractivity contribution in [3.05, 3.63) is 35.4 Å². The SMILES string of the molecule is CC1CN(CCC(=O)c2cccc(F)c2F)CCN1C. The number of rotatable bonds is 4. The van der Waals surface area contributed by atoms with Gasteiger partial charge in [-0.3, -0.25) is 4.79 Å². The fraction of sp³-hybridized carbons (Fsp3) is 0.533.